The van der Waals surface area contributed by atoms with Crippen LogP contribution in [0.3, 0.4) is 0 Å². The zero-order valence-electron chi connectivity index (χ0n) is 13.8. The number of rotatable bonds is 3. The number of fused-ring (bicyclic) bond motifs is 1. The van der Waals surface area contributed by atoms with Crippen LogP contribution in [0.5, 0.6) is 0 Å². The molecule has 0 radical (unpaired) electrons. The lowest BCUT2D eigenvalue weighted by Gasteiger charge is -2.25. The first kappa shape index (κ1) is 15.1. The molecule has 24 heavy (non-hydrogen) atoms. The SMILES string of the molecule is Cc1nc(N2CCCOC(Cn3cccn3)C2)c2c(C)noc2n1. The zero-order valence-corrected chi connectivity index (χ0v) is 13.8. The predicted octanol–water partition coefficient (Wildman–Crippen LogP) is 1.73. The summed E-state index contributed by atoms with van der Waals surface area (Å²) >= 11 is 0. The summed E-state index contributed by atoms with van der Waals surface area (Å²) in [6.07, 6.45) is 4.74. The molecule has 0 N–H and O–H groups in total. The Hall–Kier alpha value is -2.48. The van der Waals surface area contributed by atoms with Gasteiger partial charge in [0.25, 0.3) is 5.71 Å². The third-order valence-corrected chi connectivity index (χ3v) is 4.20. The molecule has 4 rings (SSSR count). The molecule has 1 atom stereocenters. The van der Waals surface area contributed by atoms with Crippen LogP contribution in [0.4, 0.5) is 5.82 Å². The standard InChI is InChI=1S/C16H20N6O2/c1-11-14-15(18-12(2)19-16(14)24-20-11)21-6-4-8-23-13(9-21)10-22-7-3-5-17-22/h3,5,7,13H,4,6,8-10H2,1-2H3. The second-order valence-corrected chi connectivity index (χ2v) is 6.06. The van der Waals surface area contributed by atoms with Gasteiger partial charge in [-0.25, -0.2) is 4.98 Å². The van der Waals surface area contributed by atoms with Crippen molar-refractivity contribution in [3.63, 3.8) is 0 Å². The fourth-order valence-electron chi connectivity index (χ4n) is 3.12. The molecule has 3 aromatic rings. The molecular weight excluding hydrogens is 308 g/mol. The average molecular weight is 328 g/mol. The van der Waals surface area contributed by atoms with Crippen molar-refractivity contribution in [3.05, 3.63) is 30.0 Å². The molecule has 0 amide bonds. The molecule has 8 nitrogen and oxygen atoms in total. The highest BCUT2D eigenvalue weighted by atomic mass is 16.5. The number of aromatic nitrogens is 5. The molecule has 3 aromatic heterocycles. The molecule has 1 aliphatic heterocycles. The van der Waals surface area contributed by atoms with Gasteiger partial charge in [-0.2, -0.15) is 10.1 Å². The molecule has 0 aliphatic carbocycles. The first-order valence-electron chi connectivity index (χ1n) is 8.15. The predicted molar refractivity (Wildman–Crippen MR) is 87.9 cm³/mol. The summed E-state index contributed by atoms with van der Waals surface area (Å²) in [6, 6.07) is 1.92. The van der Waals surface area contributed by atoms with Gasteiger partial charge < -0.3 is 14.2 Å². The Bertz CT molecular complexity index is 829. The summed E-state index contributed by atoms with van der Waals surface area (Å²) in [4.78, 5) is 11.3. The maximum Gasteiger partial charge on any atom is 0.263 e. The highest BCUT2D eigenvalue weighted by Gasteiger charge is 2.24. The van der Waals surface area contributed by atoms with Crippen molar-refractivity contribution in [3.8, 4) is 0 Å². The van der Waals surface area contributed by atoms with Crippen molar-refractivity contribution in [1.82, 2.24) is 24.9 Å². The van der Waals surface area contributed by atoms with Crippen LogP contribution in [0.15, 0.2) is 23.0 Å². The lowest BCUT2D eigenvalue weighted by Crippen LogP contribution is -2.35. The van der Waals surface area contributed by atoms with Crippen LogP contribution >= 0.6 is 0 Å². The van der Waals surface area contributed by atoms with Crippen LogP contribution in [0.2, 0.25) is 0 Å². The maximum atomic E-state index is 6.00. The van der Waals surface area contributed by atoms with Crippen molar-refractivity contribution in [1.29, 1.82) is 0 Å². The van der Waals surface area contributed by atoms with E-state index < -0.39 is 0 Å². The van der Waals surface area contributed by atoms with E-state index in [9.17, 15) is 0 Å². The molecule has 126 valence electrons. The molecule has 1 saturated heterocycles. The minimum atomic E-state index is 0.0536. The van der Waals surface area contributed by atoms with E-state index in [-0.39, 0.29) is 6.10 Å². The highest BCUT2D eigenvalue weighted by molar-refractivity contribution is 5.88. The van der Waals surface area contributed by atoms with Crippen LogP contribution in [0, 0.1) is 13.8 Å². The van der Waals surface area contributed by atoms with E-state index in [0.29, 0.717) is 11.5 Å². The third kappa shape index (κ3) is 2.84. The van der Waals surface area contributed by atoms with Crippen LogP contribution < -0.4 is 4.90 Å². The molecule has 8 heteroatoms. The number of anilines is 1. The van der Waals surface area contributed by atoms with Crippen LogP contribution in [-0.2, 0) is 11.3 Å². The van der Waals surface area contributed by atoms with Crippen molar-refractivity contribution in [2.24, 2.45) is 0 Å². The van der Waals surface area contributed by atoms with E-state index in [1.807, 2.05) is 30.8 Å². The van der Waals surface area contributed by atoms with Gasteiger partial charge in [0.2, 0.25) is 0 Å². The van der Waals surface area contributed by atoms with Crippen molar-refractivity contribution in [2.75, 3.05) is 24.6 Å². The van der Waals surface area contributed by atoms with Crippen LogP contribution in [0.1, 0.15) is 17.9 Å². The average Bonchev–Trinajstić information content (AvgIpc) is 3.12. The summed E-state index contributed by atoms with van der Waals surface area (Å²) in [6.45, 7) is 6.87. The molecule has 0 aromatic carbocycles. The minimum Gasteiger partial charge on any atom is -0.374 e. The van der Waals surface area contributed by atoms with Crippen LogP contribution in [-0.4, -0.2) is 50.7 Å². The van der Waals surface area contributed by atoms with E-state index in [4.69, 9.17) is 9.26 Å². The van der Waals surface area contributed by atoms with E-state index in [1.54, 1.807) is 6.20 Å². The molecule has 1 unspecified atom stereocenters. The van der Waals surface area contributed by atoms with Gasteiger partial charge in [-0.15, -0.1) is 0 Å². The number of hydrogen-bond donors (Lipinski definition) is 0. The van der Waals surface area contributed by atoms with Crippen molar-refractivity contribution >= 4 is 16.9 Å². The Labute approximate surface area is 139 Å². The number of aryl methyl sites for hydroxylation is 2. The lowest BCUT2D eigenvalue weighted by atomic mass is 10.2. The van der Waals surface area contributed by atoms with Gasteiger partial charge in [-0.05, 0) is 26.3 Å². The molecule has 0 spiro atoms. The first-order chi connectivity index (χ1) is 11.7. The topological polar surface area (TPSA) is 82.1 Å². The number of ether oxygens (including phenoxy) is 1. The maximum absolute atomic E-state index is 6.00. The third-order valence-electron chi connectivity index (χ3n) is 4.20. The summed E-state index contributed by atoms with van der Waals surface area (Å²) in [5, 5.41) is 9.21. The van der Waals surface area contributed by atoms with Gasteiger partial charge in [0.05, 0.1) is 18.3 Å². The summed E-state index contributed by atoms with van der Waals surface area (Å²) in [5.41, 5.74) is 1.36. The Kier molecular flexibility index (Phi) is 3.89. The first-order valence-corrected chi connectivity index (χ1v) is 8.15. The lowest BCUT2D eigenvalue weighted by molar-refractivity contribution is 0.0543. The Morgan fingerprint density at radius 1 is 1.29 bits per heavy atom. The van der Waals surface area contributed by atoms with Gasteiger partial charge >= 0.3 is 0 Å². The van der Waals surface area contributed by atoms with E-state index in [1.165, 1.54) is 0 Å². The number of hydrogen-bond acceptors (Lipinski definition) is 7. The van der Waals surface area contributed by atoms with E-state index >= 15 is 0 Å². The van der Waals surface area contributed by atoms with Crippen molar-refractivity contribution < 1.29 is 9.26 Å². The van der Waals surface area contributed by atoms with Gasteiger partial charge in [-0.1, -0.05) is 5.16 Å². The molecule has 0 bridgehead atoms. The largest absolute Gasteiger partial charge is 0.374 e. The normalized spacial score (nSPS) is 18.9. The van der Waals surface area contributed by atoms with E-state index in [2.05, 4.69) is 25.1 Å². The summed E-state index contributed by atoms with van der Waals surface area (Å²) < 4.78 is 13.2. The van der Waals surface area contributed by atoms with Crippen LogP contribution in [0.25, 0.3) is 11.1 Å². The smallest absolute Gasteiger partial charge is 0.263 e. The Morgan fingerprint density at radius 2 is 2.21 bits per heavy atom. The second-order valence-electron chi connectivity index (χ2n) is 6.06. The molecular formula is C16H20N6O2. The number of nitrogens with zero attached hydrogens (tertiary/aromatic N) is 6. The highest BCUT2D eigenvalue weighted by Crippen LogP contribution is 2.28. The van der Waals surface area contributed by atoms with E-state index in [0.717, 1.165) is 49.6 Å². The van der Waals surface area contributed by atoms with Gasteiger partial charge in [0.1, 0.15) is 17.0 Å². The summed E-state index contributed by atoms with van der Waals surface area (Å²) in [7, 11) is 0. The van der Waals surface area contributed by atoms with Gasteiger partial charge in [0.15, 0.2) is 0 Å². The van der Waals surface area contributed by atoms with Gasteiger partial charge in [-0.3, -0.25) is 4.68 Å². The monoisotopic (exact) mass is 328 g/mol. The van der Waals surface area contributed by atoms with Crippen molar-refractivity contribution in [2.45, 2.75) is 32.9 Å². The summed E-state index contributed by atoms with van der Waals surface area (Å²) in [5.74, 6) is 1.56. The Morgan fingerprint density at radius 3 is 3.04 bits per heavy atom. The minimum absolute atomic E-state index is 0.0536. The zero-order chi connectivity index (χ0) is 16.5. The molecule has 4 heterocycles. The Balaban J connectivity index is 1.66. The van der Waals surface area contributed by atoms with Gasteiger partial charge in [0, 0.05) is 32.1 Å². The molecule has 1 fully saturated rings. The molecule has 0 saturated carbocycles. The molecule has 1 aliphatic rings. The quantitative estimate of drug-likeness (QED) is 0.724. The second kappa shape index (κ2) is 6.20. The fraction of sp³-hybridized carbons (Fsp3) is 0.500. The fourth-order valence-corrected chi connectivity index (χ4v) is 3.12.